The van der Waals surface area contributed by atoms with Crippen molar-refractivity contribution in [2.45, 2.75) is 19.5 Å². The predicted octanol–water partition coefficient (Wildman–Crippen LogP) is 3.00. The Kier molecular flexibility index (Phi) is 4.12. The van der Waals surface area contributed by atoms with E-state index in [1.54, 1.807) is 18.4 Å². The van der Waals surface area contributed by atoms with Crippen molar-refractivity contribution in [1.29, 1.82) is 0 Å². The van der Waals surface area contributed by atoms with Crippen LogP contribution in [0.3, 0.4) is 0 Å². The summed E-state index contributed by atoms with van der Waals surface area (Å²) >= 11 is 1.67. The van der Waals surface area contributed by atoms with Crippen molar-refractivity contribution >= 4 is 11.3 Å². The van der Waals surface area contributed by atoms with E-state index in [4.69, 9.17) is 4.74 Å². The molecule has 3 nitrogen and oxygen atoms in total. The Balaban J connectivity index is 2.01. The number of thiazole rings is 1. The van der Waals surface area contributed by atoms with Gasteiger partial charge in [-0.25, -0.2) is 4.98 Å². The number of methoxy groups -OCH3 is 1. The maximum Gasteiger partial charge on any atom is 0.123 e. The minimum Gasteiger partial charge on any atom is -0.496 e. The molecule has 4 heteroatoms. The molecule has 17 heavy (non-hydrogen) atoms. The van der Waals surface area contributed by atoms with E-state index in [0.717, 1.165) is 17.3 Å². The van der Waals surface area contributed by atoms with Gasteiger partial charge in [-0.3, -0.25) is 0 Å². The van der Waals surface area contributed by atoms with Gasteiger partial charge in [-0.05, 0) is 13.0 Å². The molecule has 2 rings (SSSR count). The summed E-state index contributed by atoms with van der Waals surface area (Å²) in [4.78, 5) is 4.25. The molecule has 0 saturated heterocycles. The molecule has 2 aromatic rings. The lowest BCUT2D eigenvalue weighted by molar-refractivity contribution is 0.401. The summed E-state index contributed by atoms with van der Waals surface area (Å²) < 4.78 is 5.35. The van der Waals surface area contributed by atoms with Crippen molar-refractivity contribution in [3.05, 3.63) is 46.4 Å². The zero-order valence-electron chi connectivity index (χ0n) is 10.0. The monoisotopic (exact) mass is 248 g/mol. The van der Waals surface area contributed by atoms with Crippen LogP contribution in [0.25, 0.3) is 0 Å². The molecule has 0 unspecified atom stereocenters. The third-order valence-corrected chi connectivity index (χ3v) is 3.43. The molecule has 0 aliphatic rings. The fraction of sp³-hybridized carbons (Fsp3) is 0.308. The summed E-state index contributed by atoms with van der Waals surface area (Å²) in [5.41, 5.74) is 1.17. The molecule has 0 fully saturated rings. The molecule has 0 radical (unpaired) electrons. The van der Waals surface area contributed by atoms with Crippen molar-refractivity contribution < 1.29 is 4.74 Å². The van der Waals surface area contributed by atoms with E-state index in [1.165, 1.54) is 5.56 Å². The molecule has 0 amide bonds. The quantitative estimate of drug-likeness (QED) is 0.883. The molecule has 1 N–H and O–H groups in total. The molecule has 0 spiro atoms. The van der Waals surface area contributed by atoms with Crippen LogP contribution in [0.2, 0.25) is 0 Å². The fourth-order valence-corrected chi connectivity index (χ4v) is 2.28. The first-order chi connectivity index (χ1) is 8.31. The Hall–Kier alpha value is -1.39. The van der Waals surface area contributed by atoms with Gasteiger partial charge in [0.2, 0.25) is 0 Å². The normalized spacial score (nSPS) is 12.4. The largest absolute Gasteiger partial charge is 0.496 e. The van der Waals surface area contributed by atoms with Crippen molar-refractivity contribution in [1.82, 2.24) is 10.3 Å². The highest BCUT2D eigenvalue weighted by atomic mass is 32.1. The Labute approximate surface area is 105 Å². The minimum atomic E-state index is 0.245. The zero-order valence-corrected chi connectivity index (χ0v) is 10.8. The maximum absolute atomic E-state index is 5.35. The van der Waals surface area contributed by atoms with Crippen LogP contribution >= 0.6 is 11.3 Å². The number of para-hydroxylation sites is 1. The summed E-state index contributed by atoms with van der Waals surface area (Å²) in [6, 6.07) is 8.32. The molecular formula is C13H16N2OS. The number of nitrogens with zero attached hydrogens (tertiary/aromatic N) is 1. The average Bonchev–Trinajstić information content (AvgIpc) is 2.89. The highest BCUT2D eigenvalue weighted by molar-refractivity contribution is 7.09. The van der Waals surface area contributed by atoms with Crippen LogP contribution in [0, 0.1) is 0 Å². The summed E-state index contributed by atoms with van der Waals surface area (Å²) in [6.07, 6.45) is 1.83. The van der Waals surface area contributed by atoms with Crippen LogP contribution in [0.5, 0.6) is 5.75 Å². The standard InChI is InChI=1S/C13H16N2OS/c1-10(15-9-13-14-7-8-17-13)11-5-3-4-6-12(11)16-2/h3-8,10,15H,9H2,1-2H3/t10-/m0/s1. The van der Waals surface area contributed by atoms with E-state index in [1.807, 2.05) is 29.8 Å². The molecule has 0 aliphatic carbocycles. The molecule has 90 valence electrons. The van der Waals surface area contributed by atoms with E-state index >= 15 is 0 Å². The van der Waals surface area contributed by atoms with Crippen molar-refractivity contribution in [2.24, 2.45) is 0 Å². The first-order valence-corrected chi connectivity index (χ1v) is 6.44. The molecule has 0 bridgehead atoms. The zero-order chi connectivity index (χ0) is 12.1. The number of hydrogen-bond donors (Lipinski definition) is 1. The summed E-state index contributed by atoms with van der Waals surface area (Å²) in [6.45, 7) is 2.92. The summed E-state index contributed by atoms with van der Waals surface area (Å²) in [5.74, 6) is 0.923. The highest BCUT2D eigenvalue weighted by Gasteiger charge is 2.10. The number of rotatable bonds is 5. The van der Waals surface area contributed by atoms with Crippen LogP contribution in [0.15, 0.2) is 35.8 Å². The smallest absolute Gasteiger partial charge is 0.123 e. The average molecular weight is 248 g/mol. The van der Waals surface area contributed by atoms with Gasteiger partial charge in [-0.15, -0.1) is 11.3 Å². The highest BCUT2D eigenvalue weighted by Crippen LogP contribution is 2.24. The third-order valence-electron chi connectivity index (χ3n) is 2.65. The lowest BCUT2D eigenvalue weighted by Crippen LogP contribution is -2.18. The topological polar surface area (TPSA) is 34.1 Å². The maximum atomic E-state index is 5.35. The van der Waals surface area contributed by atoms with Gasteiger partial charge < -0.3 is 10.1 Å². The lowest BCUT2D eigenvalue weighted by atomic mass is 10.1. The number of nitrogens with one attached hydrogen (secondary N) is 1. The molecule has 1 aromatic heterocycles. The van der Waals surface area contributed by atoms with Crippen molar-refractivity contribution in [3.63, 3.8) is 0 Å². The van der Waals surface area contributed by atoms with Gasteiger partial charge in [0.15, 0.2) is 0 Å². The van der Waals surface area contributed by atoms with Gasteiger partial charge in [0.1, 0.15) is 10.8 Å². The van der Waals surface area contributed by atoms with Gasteiger partial charge in [0.25, 0.3) is 0 Å². The number of ether oxygens (including phenoxy) is 1. The fourth-order valence-electron chi connectivity index (χ4n) is 1.71. The second kappa shape index (κ2) is 5.80. The van der Waals surface area contributed by atoms with Gasteiger partial charge in [-0.1, -0.05) is 18.2 Å². The molecular weight excluding hydrogens is 232 g/mol. The van der Waals surface area contributed by atoms with Gasteiger partial charge in [0.05, 0.1) is 7.11 Å². The Morgan fingerprint density at radius 3 is 2.94 bits per heavy atom. The first kappa shape index (κ1) is 12.1. The minimum absolute atomic E-state index is 0.245. The van der Waals surface area contributed by atoms with E-state index in [-0.39, 0.29) is 6.04 Å². The summed E-state index contributed by atoms with van der Waals surface area (Å²) in [5, 5.41) is 6.54. The molecule has 0 saturated carbocycles. The van der Waals surface area contributed by atoms with Crippen LogP contribution in [0.1, 0.15) is 23.5 Å². The number of benzene rings is 1. The van der Waals surface area contributed by atoms with Crippen LogP contribution in [-0.2, 0) is 6.54 Å². The SMILES string of the molecule is COc1ccccc1[C@H](C)NCc1nccs1. The van der Waals surface area contributed by atoms with Gasteiger partial charge in [-0.2, -0.15) is 0 Å². The molecule has 1 aromatic carbocycles. The molecule has 1 atom stereocenters. The molecule has 1 heterocycles. The Morgan fingerprint density at radius 2 is 2.24 bits per heavy atom. The number of hydrogen-bond acceptors (Lipinski definition) is 4. The third kappa shape index (κ3) is 3.05. The van der Waals surface area contributed by atoms with Crippen molar-refractivity contribution in [2.75, 3.05) is 7.11 Å². The summed E-state index contributed by atoms with van der Waals surface area (Å²) in [7, 11) is 1.70. The van der Waals surface area contributed by atoms with Crippen LogP contribution in [0.4, 0.5) is 0 Å². The lowest BCUT2D eigenvalue weighted by Gasteiger charge is -2.16. The predicted molar refractivity (Wildman–Crippen MR) is 70.4 cm³/mol. The van der Waals surface area contributed by atoms with Crippen molar-refractivity contribution in [3.8, 4) is 5.75 Å². The van der Waals surface area contributed by atoms with Gasteiger partial charge in [0, 0.05) is 29.7 Å². The second-order valence-corrected chi connectivity index (χ2v) is 4.75. The molecule has 0 aliphatic heterocycles. The Morgan fingerprint density at radius 1 is 1.41 bits per heavy atom. The van der Waals surface area contributed by atoms with E-state index in [2.05, 4.69) is 23.3 Å². The van der Waals surface area contributed by atoms with E-state index in [9.17, 15) is 0 Å². The Bertz CT molecular complexity index is 456. The second-order valence-electron chi connectivity index (χ2n) is 3.77. The first-order valence-electron chi connectivity index (χ1n) is 5.56. The van der Waals surface area contributed by atoms with Crippen LogP contribution in [-0.4, -0.2) is 12.1 Å². The van der Waals surface area contributed by atoms with Crippen LogP contribution < -0.4 is 10.1 Å². The number of aromatic nitrogens is 1. The van der Waals surface area contributed by atoms with E-state index in [0.29, 0.717) is 0 Å². The van der Waals surface area contributed by atoms with Gasteiger partial charge >= 0.3 is 0 Å². The van der Waals surface area contributed by atoms with E-state index < -0.39 is 0 Å².